The van der Waals surface area contributed by atoms with E-state index in [2.05, 4.69) is 58.5 Å². The van der Waals surface area contributed by atoms with Crippen LogP contribution in [0.15, 0.2) is 30.3 Å². The molecule has 1 aromatic rings. The Balaban J connectivity index is 2.28. The van der Waals surface area contributed by atoms with Crippen LogP contribution in [0, 0.1) is 0 Å². The van der Waals surface area contributed by atoms with Gasteiger partial charge >= 0.3 is 0 Å². The first-order valence-electron chi connectivity index (χ1n) is 5.70. The van der Waals surface area contributed by atoms with E-state index in [-0.39, 0.29) is 0 Å². The number of hydrogen-bond donors (Lipinski definition) is 1. The maximum absolute atomic E-state index is 3.57. The third kappa shape index (κ3) is 5.33. The van der Waals surface area contributed by atoms with E-state index in [4.69, 9.17) is 0 Å². The summed E-state index contributed by atoms with van der Waals surface area (Å²) in [5, 5.41) is 4.62. The highest BCUT2D eigenvalue weighted by Gasteiger charge is 2.04. The molecule has 1 N–H and O–H groups in total. The van der Waals surface area contributed by atoms with E-state index >= 15 is 0 Å². The zero-order valence-electron chi connectivity index (χ0n) is 9.38. The molecule has 0 radical (unpaired) electrons. The highest BCUT2D eigenvalue weighted by molar-refractivity contribution is 9.09. The summed E-state index contributed by atoms with van der Waals surface area (Å²) in [5.41, 5.74) is 1.36. The minimum Gasteiger partial charge on any atom is -0.309 e. The van der Waals surface area contributed by atoms with Gasteiger partial charge in [-0.25, -0.2) is 0 Å². The molecule has 1 aromatic carbocycles. The van der Waals surface area contributed by atoms with Crippen LogP contribution >= 0.6 is 15.9 Å². The fourth-order valence-electron chi connectivity index (χ4n) is 1.54. The lowest BCUT2D eigenvalue weighted by Gasteiger charge is -2.15. The molecule has 1 rings (SSSR count). The van der Waals surface area contributed by atoms with Crippen LogP contribution in [0.3, 0.4) is 0 Å². The van der Waals surface area contributed by atoms with E-state index in [1.54, 1.807) is 0 Å². The molecule has 0 aliphatic carbocycles. The van der Waals surface area contributed by atoms with E-state index in [1.807, 2.05) is 0 Å². The number of rotatable bonds is 7. The largest absolute Gasteiger partial charge is 0.309 e. The first-order valence-corrected chi connectivity index (χ1v) is 6.82. The third-order valence-corrected chi connectivity index (χ3v) is 3.31. The number of hydrogen-bond acceptors (Lipinski definition) is 1. The summed E-state index contributed by atoms with van der Waals surface area (Å²) in [6.45, 7) is 3.21. The van der Waals surface area contributed by atoms with Gasteiger partial charge in [-0.2, -0.15) is 0 Å². The molecular formula is C13H20BrN. The van der Waals surface area contributed by atoms with Gasteiger partial charge < -0.3 is 5.32 Å². The molecule has 2 heteroatoms. The lowest BCUT2D eigenvalue weighted by molar-refractivity contribution is 0.503. The molecule has 0 aromatic heterocycles. The normalized spacial score (nSPS) is 12.7. The average molecular weight is 270 g/mol. The Labute approximate surface area is 101 Å². The van der Waals surface area contributed by atoms with Crippen molar-refractivity contribution in [2.75, 3.05) is 5.33 Å². The Morgan fingerprint density at radius 1 is 1.27 bits per heavy atom. The highest BCUT2D eigenvalue weighted by Crippen LogP contribution is 2.05. The fraction of sp³-hybridized carbons (Fsp3) is 0.538. The summed E-state index contributed by atoms with van der Waals surface area (Å²) >= 11 is 3.56. The first kappa shape index (κ1) is 12.7. The molecule has 0 amide bonds. The average Bonchev–Trinajstić information content (AvgIpc) is 2.31. The van der Waals surface area contributed by atoms with Crippen molar-refractivity contribution >= 4 is 15.9 Å². The monoisotopic (exact) mass is 269 g/mol. The van der Waals surface area contributed by atoms with E-state index in [9.17, 15) is 0 Å². The van der Waals surface area contributed by atoms with Gasteiger partial charge in [-0.05, 0) is 12.0 Å². The van der Waals surface area contributed by atoms with Crippen LogP contribution in [0.25, 0.3) is 0 Å². The van der Waals surface area contributed by atoms with Gasteiger partial charge in [0.1, 0.15) is 0 Å². The zero-order chi connectivity index (χ0) is 10.9. The topological polar surface area (TPSA) is 12.0 Å². The number of alkyl halides is 1. The minimum atomic E-state index is 0.602. The SMILES string of the molecule is CCCCC(CBr)NCc1ccccc1. The predicted molar refractivity (Wildman–Crippen MR) is 70.4 cm³/mol. The Kier molecular flexibility index (Phi) is 6.69. The summed E-state index contributed by atoms with van der Waals surface area (Å²) in [4.78, 5) is 0. The molecular weight excluding hydrogens is 250 g/mol. The number of benzene rings is 1. The predicted octanol–water partition coefficient (Wildman–Crippen LogP) is 3.73. The lowest BCUT2D eigenvalue weighted by Crippen LogP contribution is -2.29. The van der Waals surface area contributed by atoms with Gasteiger partial charge in [0.2, 0.25) is 0 Å². The maximum atomic E-state index is 3.57. The molecule has 1 unspecified atom stereocenters. The molecule has 0 fully saturated rings. The quantitative estimate of drug-likeness (QED) is 0.744. The van der Waals surface area contributed by atoms with Crippen LogP contribution < -0.4 is 5.32 Å². The number of halogens is 1. The Morgan fingerprint density at radius 3 is 2.60 bits per heavy atom. The van der Waals surface area contributed by atoms with Gasteiger partial charge in [-0.1, -0.05) is 66.0 Å². The van der Waals surface area contributed by atoms with Crippen molar-refractivity contribution in [3.05, 3.63) is 35.9 Å². The van der Waals surface area contributed by atoms with Crippen molar-refractivity contribution < 1.29 is 0 Å². The van der Waals surface area contributed by atoms with Crippen LogP contribution in [0.4, 0.5) is 0 Å². The van der Waals surface area contributed by atoms with Gasteiger partial charge in [0.05, 0.1) is 0 Å². The van der Waals surface area contributed by atoms with Gasteiger partial charge in [-0.15, -0.1) is 0 Å². The van der Waals surface area contributed by atoms with E-state index < -0.39 is 0 Å². The molecule has 0 saturated heterocycles. The van der Waals surface area contributed by atoms with Crippen molar-refractivity contribution in [1.82, 2.24) is 5.32 Å². The van der Waals surface area contributed by atoms with E-state index in [1.165, 1.54) is 24.8 Å². The van der Waals surface area contributed by atoms with Crippen molar-refractivity contribution in [3.8, 4) is 0 Å². The third-order valence-electron chi connectivity index (χ3n) is 2.53. The Hall–Kier alpha value is -0.340. The lowest BCUT2D eigenvalue weighted by atomic mass is 10.1. The van der Waals surface area contributed by atoms with Gasteiger partial charge in [-0.3, -0.25) is 0 Å². The van der Waals surface area contributed by atoms with E-state index in [0.717, 1.165) is 11.9 Å². The zero-order valence-corrected chi connectivity index (χ0v) is 11.0. The summed E-state index contributed by atoms with van der Waals surface area (Å²) in [5.74, 6) is 0. The molecule has 1 atom stereocenters. The smallest absolute Gasteiger partial charge is 0.0208 e. The molecule has 0 saturated carbocycles. The summed E-state index contributed by atoms with van der Waals surface area (Å²) in [7, 11) is 0. The van der Waals surface area contributed by atoms with Crippen LogP contribution in [-0.2, 0) is 6.54 Å². The first-order chi connectivity index (χ1) is 7.36. The maximum Gasteiger partial charge on any atom is 0.0208 e. The Morgan fingerprint density at radius 2 is 2.00 bits per heavy atom. The molecule has 0 aliphatic rings. The molecule has 0 bridgehead atoms. The van der Waals surface area contributed by atoms with Crippen molar-refractivity contribution in [2.24, 2.45) is 0 Å². The second-order valence-electron chi connectivity index (χ2n) is 3.86. The standard InChI is InChI=1S/C13H20BrN/c1-2-3-9-13(10-14)15-11-12-7-5-4-6-8-12/h4-8,13,15H,2-3,9-11H2,1H3. The van der Waals surface area contributed by atoms with Gasteiger partial charge in [0, 0.05) is 17.9 Å². The summed E-state index contributed by atoms with van der Waals surface area (Å²) in [6, 6.07) is 11.2. The summed E-state index contributed by atoms with van der Waals surface area (Å²) in [6.07, 6.45) is 3.84. The molecule has 0 heterocycles. The minimum absolute atomic E-state index is 0.602. The fourth-order valence-corrected chi connectivity index (χ4v) is 2.10. The highest BCUT2D eigenvalue weighted by atomic mass is 79.9. The van der Waals surface area contributed by atoms with Crippen LogP contribution in [0.2, 0.25) is 0 Å². The van der Waals surface area contributed by atoms with Crippen LogP contribution in [-0.4, -0.2) is 11.4 Å². The second kappa shape index (κ2) is 7.89. The second-order valence-corrected chi connectivity index (χ2v) is 4.51. The van der Waals surface area contributed by atoms with E-state index in [0.29, 0.717) is 6.04 Å². The Bertz CT molecular complexity index is 248. The van der Waals surface area contributed by atoms with Crippen molar-refractivity contribution in [3.63, 3.8) is 0 Å². The molecule has 15 heavy (non-hydrogen) atoms. The van der Waals surface area contributed by atoms with Gasteiger partial charge in [0.25, 0.3) is 0 Å². The molecule has 0 spiro atoms. The van der Waals surface area contributed by atoms with Gasteiger partial charge in [0.15, 0.2) is 0 Å². The number of unbranched alkanes of at least 4 members (excludes halogenated alkanes) is 1. The molecule has 0 aliphatic heterocycles. The van der Waals surface area contributed by atoms with Crippen molar-refractivity contribution in [1.29, 1.82) is 0 Å². The number of nitrogens with one attached hydrogen (secondary N) is 1. The van der Waals surface area contributed by atoms with Crippen molar-refractivity contribution in [2.45, 2.75) is 38.8 Å². The summed E-state index contributed by atoms with van der Waals surface area (Å²) < 4.78 is 0. The van der Waals surface area contributed by atoms with Crippen LogP contribution in [0.5, 0.6) is 0 Å². The van der Waals surface area contributed by atoms with Crippen LogP contribution in [0.1, 0.15) is 31.7 Å². The molecule has 84 valence electrons. The molecule has 1 nitrogen and oxygen atoms in total.